The van der Waals surface area contributed by atoms with Crippen LogP contribution in [0.3, 0.4) is 0 Å². The summed E-state index contributed by atoms with van der Waals surface area (Å²) in [4.78, 5) is 4.36. The van der Waals surface area contributed by atoms with Gasteiger partial charge in [0.15, 0.2) is 0 Å². The van der Waals surface area contributed by atoms with E-state index < -0.39 is 30.2 Å². The van der Waals surface area contributed by atoms with E-state index in [0.717, 1.165) is 59.8 Å². The molecule has 0 aliphatic heterocycles. The Labute approximate surface area is 243 Å². The molecule has 9 heteroatoms. The number of methoxy groups -OCH3 is 1. The van der Waals surface area contributed by atoms with Crippen LogP contribution in [0.1, 0.15) is 67.0 Å². The van der Waals surface area contributed by atoms with Crippen LogP contribution < -0.4 is 0 Å². The minimum Gasteiger partial charge on any atom is -0.359 e. The van der Waals surface area contributed by atoms with E-state index in [1.807, 2.05) is 19.3 Å². The van der Waals surface area contributed by atoms with Gasteiger partial charge in [0, 0.05) is 36.0 Å². The van der Waals surface area contributed by atoms with Crippen molar-refractivity contribution in [3.05, 3.63) is 88.2 Å². The highest BCUT2D eigenvalue weighted by molar-refractivity contribution is 5.68. The maximum atomic E-state index is 13.7. The van der Waals surface area contributed by atoms with Crippen molar-refractivity contribution in [2.45, 2.75) is 77.2 Å². The summed E-state index contributed by atoms with van der Waals surface area (Å²) < 4.78 is 90.7. The summed E-state index contributed by atoms with van der Waals surface area (Å²) in [5, 5.41) is 0. The first-order valence-electron chi connectivity index (χ1n) is 13.7. The van der Waals surface area contributed by atoms with Crippen LogP contribution in [0.5, 0.6) is 0 Å². The third-order valence-corrected chi connectivity index (χ3v) is 7.84. The van der Waals surface area contributed by atoms with Gasteiger partial charge in [-0.1, -0.05) is 57.0 Å². The number of halogens is 6. The maximum absolute atomic E-state index is 13.7. The Bertz CT molecular complexity index is 1430. The summed E-state index contributed by atoms with van der Waals surface area (Å²) in [7, 11) is 0.928. The summed E-state index contributed by atoms with van der Waals surface area (Å²) >= 11 is 0. The minimum atomic E-state index is -5.85. The van der Waals surface area contributed by atoms with Gasteiger partial charge in [0.1, 0.15) is 6.79 Å². The Morgan fingerprint density at radius 1 is 0.786 bits per heavy atom. The van der Waals surface area contributed by atoms with Gasteiger partial charge in [0.2, 0.25) is 0 Å². The third-order valence-electron chi connectivity index (χ3n) is 7.84. The van der Waals surface area contributed by atoms with E-state index in [-0.39, 0.29) is 5.56 Å². The molecule has 3 nitrogen and oxygen atoms in total. The number of hydrogen-bond donors (Lipinski definition) is 0. The van der Waals surface area contributed by atoms with Crippen LogP contribution in [0.2, 0.25) is 0 Å². The smallest absolute Gasteiger partial charge is 0.359 e. The van der Waals surface area contributed by atoms with Crippen molar-refractivity contribution in [2.75, 3.05) is 13.9 Å². The molecule has 226 valence electrons. The summed E-state index contributed by atoms with van der Waals surface area (Å²) in [6.45, 7) is 8.60. The first-order valence-corrected chi connectivity index (χ1v) is 13.7. The summed E-state index contributed by atoms with van der Waals surface area (Å²) in [5.74, 6) is 3.45. The number of aromatic nitrogens is 1. The van der Waals surface area contributed by atoms with Gasteiger partial charge in [-0.05, 0) is 84.5 Å². The number of rotatable bonds is 9. The Kier molecular flexibility index (Phi) is 10.2. The van der Waals surface area contributed by atoms with Crippen molar-refractivity contribution in [1.29, 1.82) is 0 Å². The summed E-state index contributed by atoms with van der Waals surface area (Å²) in [6, 6.07) is 13.4. The topological polar surface area (TPSA) is 31.4 Å². The van der Waals surface area contributed by atoms with E-state index in [1.54, 1.807) is 19.1 Å². The lowest BCUT2D eigenvalue weighted by atomic mass is 9.69. The van der Waals surface area contributed by atoms with Crippen LogP contribution in [0.4, 0.5) is 26.3 Å². The molecular weight excluding hydrogens is 556 g/mol. The van der Waals surface area contributed by atoms with Gasteiger partial charge in [-0.3, -0.25) is 4.98 Å². The first kappa shape index (κ1) is 33.2. The summed E-state index contributed by atoms with van der Waals surface area (Å²) in [5.41, 5.74) is 1.62. The number of pyridine rings is 1. The number of nitrogens with zero attached hydrogens (tertiary/aromatic N) is 1. The second kappa shape index (κ2) is 12.9. The molecule has 42 heavy (non-hydrogen) atoms. The van der Waals surface area contributed by atoms with Crippen LogP contribution in [-0.2, 0) is 21.3 Å². The molecule has 0 saturated heterocycles. The van der Waals surface area contributed by atoms with Gasteiger partial charge in [-0.15, -0.1) is 0 Å². The third kappa shape index (κ3) is 6.35. The fourth-order valence-electron chi connectivity index (χ4n) is 5.25. The van der Waals surface area contributed by atoms with Crippen LogP contribution in [-0.4, -0.2) is 36.8 Å². The average molecular weight is 592 g/mol. The molecule has 1 aromatic heterocycles. The van der Waals surface area contributed by atoms with Gasteiger partial charge in [0.25, 0.3) is 0 Å². The predicted molar refractivity (Wildman–Crippen MR) is 151 cm³/mol. The largest absolute Gasteiger partial charge is 0.438 e. The minimum absolute atomic E-state index is 0.0357. The van der Waals surface area contributed by atoms with Gasteiger partial charge < -0.3 is 9.47 Å². The normalized spacial score (nSPS) is 12.7. The molecule has 0 spiro atoms. The van der Waals surface area contributed by atoms with Crippen LogP contribution in [0.25, 0.3) is 11.1 Å². The molecule has 0 unspecified atom stereocenters. The molecule has 1 heterocycles. The number of aryl methyl sites for hydroxylation is 3. The van der Waals surface area contributed by atoms with Crippen LogP contribution in [0.15, 0.2) is 54.9 Å². The van der Waals surface area contributed by atoms with Gasteiger partial charge >= 0.3 is 18.0 Å². The Morgan fingerprint density at radius 2 is 1.38 bits per heavy atom. The van der Waals surface area contributed by atoms with Crippen molar-refractivity contribution in [1.82, 2.24) is 4.98 Å². The Hall–Kier alpha value is -3.35. The molecular formula is C33H35F6NO2. The number of alkyl halides is 6. The van der Waals surface area contributed by atoms with Crippen molar-refractivity contribution in [2.24, 2.45) is 0 Å². The van der Waals surface area contributed by atoms with E-state index in [1.165, 1.54) is 12.0 Å². The lowest BCUT2D eigenvalue weighted by Crippen LogP contribution is -2.58. The monoisotopic (exact) mass is 591 g/mol. The zero-order valence-electron chi connectivity index (χ0n) is 24.6. The number of ether oxygens (including phenoxy) is 2. The van der Waals surface area contributed by atoms with E-state index in [4.69, 9.17) is 0 Å². The molecule has 0 atom stereocenters. The molecule has 3 aromatic rings. The molecule has 0 aliphatic rings. The zero-order chi connectivity index (χ0) is 31.3. The highest BCUT2D eigenvalue weighted by Gasteiger charge is 2.72. The standard InChI is InChI=1S/C33H35F6NO2/c1-7-24-18-26(20-40-19-24)29-13-12-28(17-23(29)5)30(8-2,9-3)27-11-10-25(22(4)16-27)14-15-31(32(34,35)36,33(37,38)39)42-21-41-6/h10-13,16-20H,7-9,21H2,1-6H3. The van der Waals surface area contributed by atoms with Crippen LogP contribution in [0, 0.1) is 25.7 Å². The van der Waals surface area contributed by atoms with E-state index in [2.05, 4.69) is 65.4 Å². The quantitative estimate of drug-likeness (QED) is 0.142. The molecule has 0 amide bonds. The van der Waals surface area contributed by atoms with Gasteiger partial charge in [-0.25, -0.2) is 0 Å². The molecule has 0 N–H and O–H groups in total. The zero-order valence-corrected chi connectivity index (χ0v) is 24.6. The fourth-order valence-corrected chi connectivity index (χ4v) is 5.25. The SMILES string of the molecule is CCc1cncc(-c2ccc(C(CC)(CC)c3ccc(C#CC(OCOC)(C(F)(F)F)C(F)(F)F)c(C)c3)cc2C)c1. The van der Waals surface area contributed by atoms with Crippen molar-refractivity contribution in [3.63, 3.8) is 0 Å². The molecule has 0 saturated carbocycles. The van der Waals surface area contributed by atoms with Crippen molar-refractivity contribution in [3.8, 4) is 23.0 Å². The van der Waals surface area contributed by atoms with E-state index in [9.17, 15) is 26.3 Å². The van der Waals surface area contributed by atoms with Gasteiger partial charge in [-0.2, -0.15) is 26.3 Å². The fraction of sp³-hybridized carbons (Fsp3) is 0.424. The second-order valence-electron chi connectivity index (χ2n) is 10.3. The number of hydrogen-bond acceptors (Lipinski definition) is 3. The molecule has 0 radical (unpaired) electrons. The van der Waals surface area contributed by atoms with E-state index >= 15 is 0 Å². The second-order valence-corrected chi connectivity index (χ2v) is 10.3. The highest BCUT2D eigenvalue weighted by Crippen LogP contribution is 2.46. The van der Waals surface area contributed by atoms with Crippen molar-refractivity contribution >= 4 is 0 Å². The molecule has 2 aromatic carbocycles. The summed E-state index contributed by atoms with van der Waals surface area (Å²) in [6.07, 6.45) is -5.69. The molecule has 3 rings (SSSR count). The lowest BCUT2D eigenvalue weighted by molar-refractivity contribution is -0.368. The molecule has 0 bridgehead atoms. The lowest BCUT2D eigenvalue weighted by Gasteiger charge is -2.34. The van der Waals surface area contributed by atoms with E-state index in [0.29, 0.717) is 5.56 Å². The van der Waals surface area contributed by atoms with Crippen LogP contribution >= 0.6 is 0 Å². The average Bonchev–Trinajstić information content (AvgIpc) is 2.93. The number of benzene rings is 2. The van der Waals surface area contributed by atoms with Gasteiger partial charge in [0.05, 0.1) is 0 Å². The Balaban J connectivity index is 2.08. The maximum Gasteiger partial charge on any atom is 0.438 e. The Morgan fingerprint density at radius 3 is 1.88 bits per heavy atom. The predicted octanol–water partition coefficient (Wildman–Crippen LogP) is 8.87. The highest BCUT2D eigenvalue weighted by atomic mass is 19.4. The molecule has 0 aliphatic carbocycles. The van der Waals surface area contributed by atoms with Crippen molar-refractivity contribution < 1.29 is 35.8 Å². The molecule has 0 fully saturated rings. The first-order chi connectivity index (χ1) is 19.7.